The lowest BCUT2D eigenvalue weighted by atomic mass is 10.0. The van der Waals surface area contributed by atoms with Crippen molar-refractivity contribution in [2.45, 2.75) is 38.6 Å². The van der Waals surface area contributed by atoms with Crippen LogP contribution in [0.15, 0.2) is 54.7 Å². The van der Waals surface area contributed by atoms with Gasteiger partial charge in [0.05, 0.1) is 30.5 Å². The van der Waals surface area contributed by atoms with Crippen LogP contribution in [-0.2, 0) is 7.05 Å². The van der Waals surface area contributed by atoms with Gasteiger partial charge in [0.1, 0.15) is 11.4 Å². The Hall–Kier alpha value is -2.86. The van der Waals surface area contributed by atoms with Gasteiger partial charge in [-0.3, -0.25) is 4.79 Å². The number of carbonyl (C=O) groups is 1. The molecule has 4 rings (SSSR count). The van der Waals surface area contributed by atoms with E-state index in [9.17, 15) is 4.79 Å². The average molecular weight is 407 g/mol. The van der Waals surface area contributed by atoms with Crippen LogP contribution in [-0.4, -0.2) is 45.9 Å². The number of likely N-dealkylation sites (tertiary alicyclic amines) is 1. The number of aromatic nitrogens is 3. The molecule has 0 radical (unpaired) electrons. The fourth-order valence-corrected chi connectivity index (χ4v) is 4.39. The molecular formula is C24H32N5O+. The second-order valence-corrected chi connectivity index (χ2v) is 8.33. The van der Waals surface area contributed by atoms with Crippen molar-refractivity contribution in [1.29, 1.82) is 0 Å². The van der Waals surface area contributed by atoms with Crippen LogP contribution in [0.25, 0.3) is 17.1 Å². The molecule has 3 heterocycles. The van der Waals surface area contributed by atoms with Gasteiger partial charge < -0.3 is 14.8 Å². The van der Waals surface area contributed by atoms with Crippen molar-refractivity contribution in [2.75, 3.05) is 19.6 Å². The Kier molecular flexibility index (Phi) is 6.33. The molecule has 1 aliphatic rings. The molecular weight excluding hydrogens is 374 g/mol. The Balaban J connectivity index is 1.47. The van der Waals surface area contributed by atoms with Crippen molar-refractivity contribution < 1.29 is 9.69 Å². The van der Waals surface area contributed by atoms with E-state index in [0.29, 0.717) is 12.2 Å². The molecule has 2 N–H and O–H groups in total. The summed E-state index contributed by atoms with van der Waals surface area (Å²) in [4.78, 5) is 14.7. The Morgan fingerprint density at radius 2 is 2.03 bits per heavy atom. The number of aryl methyl sites for hydroxylation is 1. The first kappa shape index (κ1) is 20.4. The molecule has 1 aromatic carbocycles. The molecule has 1 aliphatic heterocycles. The molecule has 0 bridgehead atoms. The summed E-state index contributed by atoms with van der Waals surface area (Å²) in [6, 6.07) is 16.5. The number of para-hydroxylation sites is 1. The van der Waals surface area contributed by atoms with Crippen molar-refractivity contribution in [3.63, 3.8) is 0 Å². The van der Waals surface area contributed by atoms with E-state index in [-0.39, 0.29) is 5.91 Å². The molecule has 1 unspecified atom stereocenters. The van der Waals surface area contributed by atoms with Crippen LogP contribution in [0.2, 0.25) is 0 Å². The smallest absolute Gasteiger partial charge is 0.270 e. The zero-order valence-electron chi connectivity index (χ0n) is 18.0. The standard InChI is InChI=1S/C24H31N5O/c1-19-10-6-7-16-28(19)17-9-14-25-24(30)23-18-21(22-13-8-15-27(22)2)26-29(23)20-11-4-3-5-12-20/h3-5,8,11-13,15,18-19H,6-7,9-10,14,16-17H2,1-2H3,(H,25,30)/p+1/t19-/m0/s1. The molecule has 1 amide bonds. The Bertz CT molecular complexity index is 975. The van der Waals surface area contributed by atoms with Crippen LogP contribution in [0.4, 0.5) is 0 Å². The number of hydrogen-bond acceptors (Lipinski definition) is 2. The summed E-state index contributed by atoms with van der Waals surface area (Å²) in [5.41, 5.74) is 3.23. The molecule has 3 aromatic rings. The molecule has 2 atom stereocenters. The maximum absolute atomic E-state index is 13.0. The van der Waals surface area contributed by atoms with Gasteiger partial charge in [-0.15, -0.1) is 0 Å². The van der Waals surface area contributed by atoms with Gasteiger partial charge in [0, 0.05) is 26.2 Å². The quantitative estimate of drug-likeness (QED) is 0.592. The number of quaternary nitrogens is 1. The van der Waals surface area contributed by atoms with E-state index in [1.165, 1.54) is 25.8 Å². The van der Waals surface area contributed by atoms with E-state index >= 15 is 0 Å². The second-order valence-electron chi connectivity index (χ2n) is 8.33. The van der Waals surface area contributed by atoms with E-state index in [2.05, 4.69) is 12.2 Å². The van der Waals surface area contributed by atoms with Crippen molar-refractivity contribution in [3.05, 3.63) is 60.4 Å². The molecule has 6 heteroatoms. The SMILES string of the molecule is C[C@H]1CCCC[NH+]1CCCNC(=O)c1cc(-c2cccn2C)nn1-c1ccccc1. The topological polar surface area (TPSA) is 56.3 Å². The number of piperidine rings is 1. The van der Waals surface area contributed by atoms with E-state index < -0.39 is 0 Å². The number of nitrogens with zero attached hydrogens (tertiary/aromatic N) is 3. The fraction of sp³-hybridized carbons (Fsp3) is 0.417. The second kappa shape index (κ2) is 9.30. The van der Waals surface area contributed by atoms with Crippen molar-refractivity contribution in [1.82, 2.24) is 19.7 Å². The first-order valence-corrected chi connectivity index (χ1v) is 11.0. The van der Waals surface area contributed by atoms with E-state index in [1.807, 2.05) is 66.3 Å². The van der Waals surface area contributed by atoms with Crippen LogP contribution in [0.1, 0.15) is 43.1 Å². The van der Waals surface area contributed by atoms with E-state index in [4.69, 9.17) is 5.10 Å². The third kappa shape index (κ3) is 4.49. The minimum atomic E-state index is -0.0755. The summed E-state index contributed by atoms with van der Waals surface area (Å²) in [5, 5.41) is 7.86. The largest absolute Gasteiger partial charge is 0.350 e. The Morgan fingerprint density at radius 3 is 2.77 bits per heavy atom. The van der Waals surface area contributed by atoms with E-state index in [0.717, 1.165) is 36.1 Å². The van der Waals surface area contributed by atoms with Crippen molar-refractivity contribution >= 4 is 5.91 Å². The molecule has 30 heavy (non-hydrogen) atoms. The van der Waals surface area contributed by atoms with Crippen molar-refractivity contribution in [3.8, 4) is 17.1 Å². The highest BCUT2D eigenvalue weighted by Gasteiger charge is 2.22. The van der Waals surface area contributed by atoms with Gasteiger partial charge in [-0.2, -0.15) is 5.10 Å². The van der Waals surface area contributed by atoms with Gasteiger partial charge in [-0.1, -0.05) is 18.2 Å². The predicted octanol–water partition coefficient (Wildman–Crippen LogP) is 2.46. The van der Waals surface area contributed by atoms with Gasteiger partial charge in [0.2, 0.25) is 0 Å². The fourth-order valence-electron chi connectivity index (χ4n) is 4.39. The summed E-state index contributed by atoms with van der Waals surface area (Å²) in [6.07, 6.45) is 6.98. The van der Waals surface area contributed by atoms with Gasteiger partial charge >= 0.3 is 0 Å². The molecule has 158 valence electrons. The van der Waals surface area contributed by atoms with Crippen LogP contribution in [0, 0.1) is 0 Å². The van der Waals surface area contributed by atoms with E-state index in [1.54, 1.807) is 9.58 Å². The highest BCUT2D eigenvalue weighted by atomic mass is 16.2. The lowest BCUT2D eigenvalue weighted by molar-refractivity contribution is -0.928. The van der Waals surface area contributed by atoms with Crippen LogP contribution in [0.3, 0.4) is 0 Å². The Morgan fingerprint density at radius 1 is 1.20 bits per heavy atom. The molecule has 0 saturated carbocycles. The van der Waals surface area contributed by atoms with Gasteiger partial charge in [-0.05, 0) is 56.5 Å². The highest BCUT2D eigenvalue weighted by Crippen LogP contribution is 2.22. The first-order chi connectivity index (χ1) is 14.6. The predicted molar refractivity (Wildman–Crippen MR) is 119 cm³/mol. The highest BCUT2D eigenvalue weighted by molar-refractivity contribution is 5.94. The van der Waals surface area contributed by atoms with Gasteiger partial charge in [0.15, 0.2) is 0 Å². The number of hydrogen-bond donors (Lipinski definition) is 2. The molecule has 0 aliphatic carbocycles. The average Bonchev–Trinajstić information content (AvgIpc) is 3.39. The van der Waals surface area contributed by atoms with Crippen LogP contribution < -0.4 is 10.2 Å². The summed E-state index contributed by atoms with van der Waals surface area (Å²) in [7, 11) is 1.99. The first-order valence-electron chi connectivity index (χ1n) is 11.0. The molecule has 2 aromatic heterocycles. The lowest BCUT2D eigenvalue weighted by Crippen LogP contribution is -3.16. The van der Waals surface area contributed by atoms with Crippen molar-refractivity contribution in [2.24, 2.45) is 7.05 Å². The normalized spacial score (nSPS) is 19.0. The van der Waals surface area contributed by atoms with Gasteiger partial charge in [-0.25, -0.2) is 4.68 Å². The number of amides is 1. The monoisotopic (exact) mass is 406 g/mol. The number of rotatable bonds is 7. The minimum absolute atomic E-state index is 0.0755. The maximum atomic E-state index is 13.0. The van der Waals surface area contributed by atoms with Crippen LogP contribution >= 0.6 is 0 Å². The molecule has 1 saturated heterocycles. The molecule has 0 spiro atoms. The zero-order valence-corrected chi connectivity index (χ0v) is 18.0. The summed E-state index contributed by atoms with van der Waals surface area (Å²) >= 11 is 0. The number of benzene rings is 1. The summed E-state index contributed by atoms with van der Waals surface area (Å²) in [5.74, 6) is -0.0755. The third-order valence-corrected chi connectivity index (χ3v) is 6.19. The van der Waals surface area contributed by atoms with Crippen LogP contribution in [0.5, 0.6) is 0 Å². The number of nitrogens with one attached hydrogen (secondary N) is 2. The number of carbonyl (C=O) groups excluding carboxylic acids is 1. The molecule has 1 fully saturated rings. The summed E-state index contributed by atoms with van der Waals surface area (Å²) < 4.78 is 3.76. The lowest BCUT2D eigenvalue weighted by Gasteiger charge is -2.30. The molecule has 6 nitrogen and oxygen atoms in total. The Labute approximate surface area is 178 Å². The zero-order chi connectivity index (χ0) is 20.9. The minimum Gasteiger partial charge on any atom is -0.350 e. The third-order valence-electron chi connectivity index (χ3n) is 6.19. The maximum Gasteiger partial charge on any atom is 0.270 e. The summed E-state index contributed by atoms with van der Waals surface area (Å²) in [6.45, 7) is 5.41. The van der Waals surface area contributed by atoms with Gasteiger partial charge in [0.25, 0.3) is 5.91 Å².